The van der Waals surface area contributed by atoms with E-state index in [9.17, 15) is 9.90 Å². The third-order valence-electron chi connectivity index (χ3n) is 3.45. The van der Waals surface area contributed by atoms with Gasteiger partial charge in [0.15, 0.2) is 5.78 Å². The number of methoxy groups -OCH3 is 2. The largest absolute Gasteiger partial charge is 0.496 e. The summed E-state index contributed by atoms with van der Waals surface area (Å²) in [5.41, 5.74) is 0.600. The quantitative estimate of drug-likeness (QED) is 0.847. The normalized spacial score (nSPS) is 16.5. The summed E-state index contributed by atoms with van der Waals surface area (Å²) in [6.07, 6.45) is 3.06. The molecule has 120 valence electrons. The van der Waals surface area contributed by atoms with Crippen LogP contribution in [0.1, 0.15) is 43.1 Å². The molecule has 1 aliphatic rings. The Bertz CT molecular complexity index is 614. The smallest absolute Gasteiger partial charge is 0.172 e. The van der Waals surface area contributed by atoms with Crippen molar-refractivity contribution in [3.05, 3.63) is 23.3 Å². The maximum absolute atomic E-state index is 12.4. The minimum atomic E-state index is -0.733. The topological polar surface area (TPSA) is 65.0 Å². The first-order valence-electron chi connectivity index (χ1n) is 7.17. The van der Waals surface area contributed by atoms with Crippen molar-refractivity contribution in [2.45, 2.75) is 38.9 Å². The molecule has 0 saturated heterocycles. The van der Waals surface area contributed by atoms with Crippen LogP contribution in [0.2, 0.25) is 0 Å². The van der Waals surface area contributed by atoms with Gasteiger partial charge in [-0.05, 0) is 32.9 Å². The lowest BCUT2D eigenvalue weighted by atomic mass is 9.95. The van der Waals surface area contributed by atoms with Gasteiger partial charge < -0.3 is 19.3 Å². The van der Waals surface area contributed by atoms with Crippen molar-refractivity contribution in [2.75, 3.05) is 14.2 Å². The molecule has 1 aliphatic heterocycles. The zero-order chi connectivity index (χ0) is 16.5. The van der Waals surface area contributed by atoms with Gasteiger partial charge in [-0.2, -0.15) is 0 Å². The van der Waals surface area contributed by atoms with E-state index in [0.29, 0.717) is 28.4 Å². The van der Waals surface area contributed by atoms with E-state index in [1.54, 1.807) is 13.0 Å². The monoisotopic (exact) mass is 306 g/mol. The summed E-state index contributed by atoms with van der Waals surface area (Å²) >= 11 is 0. The van der Waals surface area contributed by atoms with Gasteiger partial charge in [0.1, 0.15) is 28.4 Å². The van der Waals surface area contributed by atoms with E-state index in [-0.39, 0.29) is 12.2 Å². The number of aliphatic hydroxyl groups is 1. The average molecular weight is 306 g/mol. The van der Waals surface area contributed by atoms with E-state index in [1.165, 1.54) is 14.2 Å². The van der Waals surface area contributed by atoms with Gasteiger partial charge in [0, 0.05) is 12.5 Å². The van der Waals surface area contributed by atoms with Crippen LogP contribution in [0.25, 0.3) is 6.08 Å². The average Bonchev–Trinajstić information content (AvgIpc) is 2.42. The Labute approximate surface area is 130 Å². The summed E-state index contributed by atoms with van der Waals surface area (Å²) in [5.74, 6) is 1.17. The number of hydrogen-bond donors (Lipinski definition) is 1. The summed E-state index contributed by atoms with van der Waals surface area (Å²) in [5, 5.41) is 9.48. The first-order chi connectivity index (χ1) is 10.3. The Balaban J connectivity index is 2.62. The fraction of sp³-hybridized carbons (Fsp3) is 0.471. The molecular weight excluding hydrogens is 284 g/mol. The molecule has 0 spiro atoms. The number of aliphatic hydroxyl groups excluding tert-OH is 1. The van der Waals surface area contributed by atoms with Crippen LogP contribution in [0, 0.1) is 0 Å². The highest BCUT2D eigenvalue weighted by Gasteiger charge is 2.30. The highest BCUT2D eigenvalue weighted by Crippen LogP contribution is 2.44. The van der Waals surface area contributed by atoms with E-state index >= 15 is 0 Å². The Hall–Kier alpha value is -2.01. The van der Waals surface area contributed by atoms with Crippen LogP contribution >= 0.6 is 0 Å². The molecule has 5 heteroatoms. The zero-order valence-corrected chi connectivity index (χ0v) is 13.6. The number of Topliss-reactive ketones (excluding diaryl/α,β-unsaturated/α-hetero) is 1. The molecule has 1 atom stereocenters. The molecule has 0 saturated carbocycles. The van der Waals surface area contributed by atoms with Crippen LogP contribution in [-0.2, 0) is 0 Å². The second-order valence-corrected chi connectivity index (χ2v) is 5.91. The lowest BCUT2D eigenvalue weighted by Crippen LogP contribution is -2.28. The third-order valence-corrected chi connectivity index (χ3v) is 3.45. The molecule has 0 radical (unpaired) electrons. The van der Waals surface area contributed by atoms with Gasteiger partial charge in [-0.1, -0.05) is 0 Å². The Morgan fingerprint density at radius 3 is 2.59 bits per heavy atom. The van der Waals surface area contributed by atoms with E-state index in [1.807, 2.05) is 26.0 Å². The first kappa shape index (κ1) is 16.4. The fourth-order valence-electron chi connectivity index (χ4n) is 2.48. The van der Waals surface area contributed by atoms with Crippen LogP contribution in [-0.4, -0.2) is 36.8 Å². The minimum Gasteiger partial charge on any atom is -0.496 e. The highest BCUT2D eigenvalue weighted by atomic mass is 16.5. The predicted octanol–water partition coefficient (Wildman–Crippen LogP) is 2.84. The maximum atomic E-state index is 12.4. The molecule has 5 nitrogen and oxygen atoms in total. The molecule has 1 aromatic rings. The van der Waals surface area contributed by atoms with Crippen molar-refractivity contribution >= 4 is 11.9 Å². The molecule has 0 aromatic heterocycles. The van der Waals surface area contributed by atoms with E-state index in [2.05, 4.69) is 0 Å². The van der Waals surface area contributed by atoms with Gasteiger partial charge in [-0.15, -0.1) is 0 Å². The van der Waals surface area contributed by atoms with Crippen molar-refractivity contribution < 1.29 is 24.1 Å². The lowest BCUT2D eigenvalue weighted by Gasteiger charge is -2.29. The summed E-state index contributed by atoms with van der Waals surface area (Å²) in [6.45, 7) is 5.45. The van der Waals surface area contributed by atoms with Gasteiger partial charge in [0.05, 0.1) is 25.9 Å². The van der Waals surface area contributed by atoms with Crippen LogP contribution in [0.15, 0.2) is 12.1 Å². The molecule has 0 fully saturated rings. The van der Waals surface area contributed by atoms with E-state index in [4.69, 9.17) is 14.2 Å². The predicted molar refractivity (Wildman–Crippen MR) is 83.9 cm³/mol. The molecule has 0 bridgehead atoms. The molecule has 1 unspecified atom stereocenters. The van der Waals surface area contributed by atoms with Crippen LogP contribution in [0.3, 0.4) is 0 Å². The number of ketones is 1. The molecule has 0 amide bonds. The van der Waals surface area contributed by atoms with Crippen LogP contribution in [0.5, 0.6) is 17.2 Å². The van der Waals surface area contributed by atoms with Gasteiger partial charge >= 0.3 is 0 Å². The molecule has 1 aromatic carbocycles. The van der Waals surface area contributed by atoms with E-state index < -0.39 is 11.7 Å². The number of carbonyl (C=O) groups is 1. The molecular formula is C17H22O5. The van der Waals surface area contributed by atoms with Crippen LogP contribution in [0.4, 0.5) is 0 Å². The molecule has 22 heavy (non-hydrogen) atoms. The molecule has 2 rings (SSSR count). The summed E-state index contributed by atoms with van der Waals surface area (Å²) in [7, 11) is 2.99. The highest BCUT2D eigenvalue weighted by molar-refractivity contribution is 6.03. The second-order valence-electron chi connectivity index (χ2n) is 5.91. The Morgan fingerprint density at radius 1 is 1.36 bits per heavy atom. The summed E-state index contributed by atoms with van der Waals surface area (Å²) in [4.78, 5) is 12.4. The number of ether oxygens (including phenoxy) is 3. The maximum Gasteiger partial charge on any atom is 0.172 e. The van der Waals surface area contributed by atoms with Crippen molar-refractivity contribution in [3.8, 4) is 17.2 Å². The van der Waals surface area contributed by atoms with Gasteiger partial charge in [-0.25, -0.2) is 0 Å². The number of fused-ring (bicyclic) bond motifs is 1. The summed E-state index contributed by atoms with van der Waals surface area (Å²) in [6, 6.07) is 1.69. The Kier molecular flexibility index (Phi) is 4.47. The number of rotatable bonds is 5. The molecule has 0 aliphatic carbocycles. The summed E-state index contributed by atoms with van der Waals surface area (Å²) < 4.78 is 16.7. The van der Waals surface area contributed by atoms with Crippen LogP contribution < -0.4 is 14.2 Å². The lowest BCUT2D eigenvalue weighted by molar-refractivity contribution is 0.0895. The van der Waals surface area contributed by atoms with Crippen molar-refractivity contribution in [3.63, 3.8) is 0 Å². The second kappa shape index (κ2) is 6.01. The first-order valence-corrected chi connectivity index (χ1v) is 7.17. The number of hydrogen-bond acceptors (Lipinski definition) is 5. The standard InChI is InChI=1S/C17H22O5/c1-10(18)8-12(19)15-14(20-4)9-13-11(16(15)21-5)6-7-17(2,3)22-13/h6-7,9-10,18H,8H2,1-5H3. The van der Waals surface area contributed by atoms with Gasteiger partial charge in [0.25, 0.3) is 0 Å². The van der Waals surface area contributed by atoms with Crippen molar-refractivity contribution in [2.24, 2.45) is 0 Å². The van der Waals surface area contributed by atoms with Gasteiger partial charge in [0.2, 0.25) is 0 Å². The van der Waals surface area contributed by atoms with Gasteiger partial charge in [-0.3, -0.25) is 4.79 Å². The minimum absolute atomic E-state index is 0.00156. The van der Waals surface area contributed by atoms with Crippen molar-refractivity contribution in [1.29, 1.82) is 0 Å². The molecule has 1 N–H and O–H groups in total. The van der Waals surface area contributed by atoms with E-state index in [0.717, 1.165) is 0 Å². The number of benzene rings is 1. The SMILES string of the molecule is COc1cc2c(c(OC)c1C(=O)CC(C)O)C=CC(C)(C)O2. The third kappa shape index (κ3) is 3.09. The Morgan fingerprint density at radius 2 is 2.05 bits per heavy atom. The van der Waals surface area contributed by atoms with Crippen molar-refractivity contribution in [1.82, 2.24) is 0 Å². The number of carbonyl (C=O) groups excluding carboxylic acids is 1. The zero-order valence-electron chi connectivity index (χ0n) is 13.6. The fourth-order valence-corrected chi connectivity index (χ4v) is 2.48. The molecule has 1 heterocycles.